The Hall–Kier alpha value is -2.58. The molecule has 19 heavy (non-hydrogen) atoms. The Labute approximate surface area is 114 Å². The van der Waals surface area contributed by atoms with E-state index in [-0.39, 0.29) is 16.5 Å². The molecular weight excluding hydrogens is 266 g/mol. The van der Waals surface area contributed by atoms with Crippen LogP contribution < -0.4 is 5.32 Å². The minimum absolute atomic E-state index is 0.0220. The lowest BCUT2D eigenvalue weighted by Gasteiger charge is -2.08. The van der Waals surface area contributed by atoms with Crippen LogP contribution in [0.15, 0.2) is 36.4 Å². The summed E-state index contributed by atoms with van der Waals surface area (Å²) < 4.78 is 0. The van der Waals surface area contributed by atoms with Crippen molar-refractivity contribution in [2.45, 2.75) is 0 Å². The van der Waals surface area contributed by atoms with Crippen molar-refractivity contribution < 1.29 is 9.90 Å². The van der Waals surface area contributed by atoms with Gasteiger partial charge in [-0.1, -0.05) is 11.6 Å². The predicted molar refractivity (Wildman–Crippen MR) is 70.6 cm³/mol. The molecule has 0 fully saturated rings. The number of rotatable bonds is 3. The third-order valence-electron chi connectivity index (χ3n) is 2.37. The van der Waals surface area contributed by atoms with E-state index >= 15 is 0 Å². The summed E-state index contributed by atoms with van der Waals surface area (Å²) in [7, 11) is 0. The Morgan fingerprint density at radius 3 is 2.53 bits per heavy atom. The SMILES string of the molecule is N#Cc1ccc(Nc2nc(Cl)ccc2C(=O)O)cc1. The van der Waals surface area contributed by atoms with E-state index in [1.165, 1.54) is 12.1 Å². The molecule has 0 spiro atoms. The summed E-state index contributed by atoms with van der Waals surface area (Å²) in [5.41, 5.74) is 1.16. The van der Waals surface area contributed by atoms with Gasteiger partial charge in [-0.15, -0.1) is 0 Å². The molecule has 0 aliphatic heterocycles. The second kappa shape index (κ2) is 5.38. The Morgan fingerprint density at radius 2 is 1.95 bits per heavy atom. The smallest absolute Gasteiger partial charge is 0.339 e. The molecule has 0 saturated carbocycles. The van der Waals surface area contributed by atoms with Crippen molar-refractivity contribution in [1.82, 2.24) is 4.98 Å². The molecule has 2 N–H and O–H groups in total. The molecule has 0 atom stereocenters. The number of aromatic nitrogens is 1. The summed E-state index contributed by atoms with van der Waals surface area (Å²) in [6.07, 6.45) is 0. The molecule has 1 aromatic carbocycles. The van der Waals surface area contributed by atoms with Crippen LogP contribution in [-0.2, 0) is 0 Å². The standard InChI is InChI=1S/C13H8ClN3O2/c14-11-6-5-10(13(18)19)12(17-11)16-9-3-1-8(7-15)2-4-9/h1-6H,(H,16,17)(H,18,19). The number of nitrogens with one attached hydrogen (secondary N) is 1. The summed E-state index contributed by atoms with van der Waals surface area (Å²) in [6.45, 7) is 0. The van der Waals surface area contributed by atoms with Crippen molar-refractivity contribution in [2.24, 2.45) is 0 Å². The average Bonchev–Trinajstić information content (AvgIpc) is 2.39. The number of pyridine rings is 1. The molecule has 1 heterocycles. The second-order valence-electron chi connectivity index (χ2n) is 3.65. The van der Waals surface area contributed by atoms with Crippen molar-refractivity contribution in [3.05, 3.63) is 52.7 Å². The third-order valence-corrected chi connectivity index (χ3v) is 2.58. The maximum absolute atomic E-state index is 11.1. The zero-order valence-electron chi connectivity index (χ0n) is 9.59. The predicted octanol–water partition coefficient (Wildman–Crippen LogP) is 3.05. The fourth-order valence-electron chi connectivity index (χ4n) is 1.47. The number of hydrogen-bond donors (Lipinski definition) is 2. The Morgan fingerprint density at radius 1 is 1.26 bits per heavy atom. The molecule has 0 radical (unpaired) electrons. The highest BCUT2D eigenvalue weighted by Gasteiger charge is 2.12. The van der Waals surface area contributed by atoms with Gasteiger partial charge in [0, 0.05) is 5.69 Å². The highest BCUT2D eigenvalue weighted by molar-refractivity contribution is 6.29. The van der Waals surface area contributed by atoms with E-state index in [0.29, 0.717) is 11.3 Å². The first-order valence-electron chi connectivity index (χ1n) is 5.27. The van der Waals surface area contributed by atoms with Gasteiger partial charge in [0.2, 0.25) is 0 Å². The number of carboxylic acid groups (broad SMARTS) is 1. The van der Waals surface area contributed by atoms with Crippen molar-refractivity contribution in [1.29, 1.82) is 5.26 Å². The zero-order chi connectivity index (χ0) is 13.8. The van der Waals surface area contributed by atoms with Crippen molar-refractivity contribution in [3.63, 3.8) is 0 Å². The summed E-state index contributed by atoms with van der Waals surface area (Å²) in [4.78, 5) is 15.0. The van der Waals surface area contributed by atoms with E-state index < -0.39 is 5.97 Å². The van der Waals surface area contributed by atoms with Gasteiger partial charge in [-0.2, -0.15) is 5.26 Å². The molecule has 2 aromatic rings. The van der Waals surface area contributed by atoms with Crippen LogP contribution in [0, 0.1) is 11.3 Å². The molecule has 0 bridgehead atoms. The maximum Gasteiger partial charge on any atom is 0.339 e. The highest BCUT2D eigenvalue weighted by Crippen LogP contribution is 2.21. The number of benzene rings is 1. The van der Waals surface area contributed by atoms with Crippen LogP contribution in [0.2, 0.25) is 5.15 Å². The first kappa shape index (κ1) is 12.9. The van der Waals surface area contributed by atoms with Crippen LogP contribution in [0.25, 0.3) is 0 Å². The van der Waals surface area contributed by atoms with Gasteiger partial charge in [-0.3, -0.25) is 0 Å². The molecule has 0 unspecified atom stereocenters. The van der Waals surface area contributed by atoms with Gasteiger partial charge in [-0.05, 0) is 36.4 Å². The van der Waals surface area contributed by atoms with Gasteiger partial charge in [0.05, 0.1) is 11.6 Å². The quantitative estimate of drug-likeness (QED) is 0.840. The van der Waals surface area contributed by atoms with Crippen molar-refractivity contribution >= 4 is 29.1 Å². The van der Waals surface area contributed by atoms with E-state index in [2.05, 4.69) is 10.3 Å². The molecule has 5 nitrogen and oxygen atoms in total. The Kier molecular flexibility index (Phi) is 3.64. The third kappa shape index (κ3) is 3.00. The summed E-state index contributed by atoms with van der Waals surface area (Å²) >= 11 is 5.75. The molecule has 6 heteroatoms. The number of aromatic carboxylic acids is 1. The lowest BCUT2D eigenvalue weighted by Crippen LogP contribution is -2.04. The number of anilines is 2. The lowest BCUT2D eigenvalue weighted by molar-refractivity contribution is 0.0697. The van der Waals surface area contributed by atoms with Gasteiger partial charge in [0.1, 0.15) is 16.5 Å². The molecule has 0 aliphatic carbocycles. The molecule has 2 rings (SSSR count). The van der Waals surface area contributed by atoms with Gasteiger partial charge in [-0.25, -0.2) is 9.78 Å². The Bertz CT molecular complexity index is 663. The zero-order valence-corrected chi connectivity index (χ0v) is 10.3. The van der Waals surface area contributed by atoms with Crippen LogP contribution in [0.3, 0.4) is 0 Å². The minimum atomic E-state index is -1.10. The van der Waals surface area contributed by atoms with Gasteiger partial charge in [0.15, 0.2) is 0 Å². The van der Waals surface area contributed by atoms with Gasteiger partial charge >= 0.3 is 5.97 Å². The molecule has 0 saturated heterocycles. The number of nitrogens with zero attached hydrogens (tertiary/aromatic N) is 2. The Balaban J connectivity index is 2.34. The first-order chi connectivity index (χ1) is 9.10. The number of carboxylic acids is 1. The number of halogens is 1. The number of hydrogen-bond acceptors (Lipinski definition) is 4. The minimum Gasteiger partial charge on any atom is -0.478 e. The first-order valence-corrected chi connectivity index (χ1v) is 5.65. The summed E-state index contributed by atoms with van der Waals surface area (Å²) in [6, 6.07) is 11.3. The van der Waals surface area contributed by atoms with Crippen molar-refractivity contribution in [3.8, 4) is 6.07 Å². The molecular formula is C13H8ClN3O2. The molecule has 0 amide bonds. The summed E-state index contributed by atoms with van der Waals surface area (Å²) in [5, 5.41) is 20.8. The topological polar surface area (TPSA) is 86.0 Å². The van der Waals surface area contributed by atoms with Crippen LogP contribution in [0.4, 0.5) is 11.5 Å². The van der Waals surface area contributed by atoms with Crippen molar-refractivity contribution in [2.75, 3.05) is 5.32 Å². The number of nitriles is 1. The second-order valence-corrected chi connectivity index (χ2v) is 4.04. The van der Waals surface area contributed by atoms with Gasteiger partial charge < -0.3 is 10.4 Å². The van der Waals surface area contributed by atoms with E-state index in [0.717, 1.165) is 0 Å². The summed E-state index contributed by atoms with van der Waals surface area (Å²) in [5.74, 6) is -0.940. The lowest BCUT2D eigenvalue weighted by atomic mass is 10.2. The van der Waals surface area contributed by atoms with Gasteiger partial charge in [0.25, 0.3) is 0 Å². The van der Waals surface area contributed by atoms with Crippen LogP contribution in [-0.4, -0.2) is 16.1 Å². The average molecular weight is 274 g/mol. The molecule has 1 aromatic heterocycles. The maximum atomic E-state index is 11.1. The van der Waals surface area contributed by atoms with E-state index in [4.69, 9.17) is 22.0 Å². The van der Waals surface area contributed by atoms with Crippen LogP contribution in [0.5, 0.6) is 0 Å². The number of carbonyl (C=O) groups is 1. The molecule has 0 aliphatic rings. The van der Waals surface area contributed by atoms with Crippen LogP contribution in [0.1, 0.15) is 15.9 Å². The normalized spacial score (nSPS) is 9.68. The fraction of sp³-hybridized carbons (Fsp3) is 0. The van der Waals surface area contributed by atoms with E-state index in [1.54, 1.807) is 24.3 Å². The molecule has 94 valence electrons. The monoisotopic (exact) mass is 273 g/mol. The van der Waals surface area contributed by atoms with E-state index in [1.807, 2.05) is 6.07 Å². The fourth-order valence-corrected chi connectivity index (χ4v) is 1.62. The largest absolute Gasteiger partial charge is 0.478 e. The highest BCUT2D eigenvalue weighted by atomic mass is 35.5. The van der Waals surface area contributed by atoms with E-state index in [9.17, 15) is 4.79 Å². The van der Waals surface area contributed by atoms with Crippen LogP contribution >= 0.6 is 11.6 Å².